The van der Waals surface area contributed by atoms with Gasteiger partial charge < -0.3 is 9.47 Å². The van der Waals surface area contributed by atoms with E-state index in [1.165, 1.54) is 6.92 Å². The van der Waals surface area contributed by atoms with Gasteiger partial charge in [-0.15, -0.1) is 0 Å². The minimum absolute atomic E-state index is 0.334. The van der Waals surface area contributed by atoms with Gasteiger partial charge in [0, 0.05) is 13.1 Å². The molecule has 0 heterocycles. The van der Waals surface area contributed by atoms with E-state index in [1.54, 1.807) is 37.6 Å². The van der Waals surface area contributed by atoms with Crippen LogP contribution >= 0.6 is 0 Å². The van der Waals surface area contributed by atoms with Crippen molar-refractivity contribution < 1.29 is 14.3 Å². The molecular weight excluding hydrogens is 254 g/mol. The van der Waals surface area contributed by atoms with Crippen molar-refractivity contribution in [1.82, 2.24) is 0 Å². The zero-order valence-electron chi connectivity index (χ0n) is 11.4. The molecule has 4 heteroatoms. The monoisotopic (exact) mass is 269 g/mol. The van der Waals surface area contributed by atoms with Gasteiger partial charge in [-0.05, 0) is 54.1 Å². The molecule has 0 atom stereocenters. The van der Waals surface area contributed by atoms with E-state index in [4.69, 9.17) is 9.47 Å². The highest BCUT2D eigenvalue weighted by atomic mass is 16.5. The number of ether oxygens (including phenoxy) is 2. The van der Waals surface area contributed by atoms with Gasteiger partial charge in [-0.25, -0.2) is 0 Å². The zero-order chi connectivity index (χ0) is 14.4. The fourth-order valence-corrected chi connectivity index (χ4v) is 1.61. The summed E-state index contributed by atoms with van der Waals surface area (Å²) in [4.78, 5) is 15.1. The molecule has 0 N–H and O–H groups in total. The van der Waals surface area contributed by atoms with Gasteiger partial charge in [-0.1, -0.05) is 0 Å². The van der Waals surface area contributed by atoms with Crippen molar-refractivity contribution in [2.75, 3.05) is 7.11 Å². The Morgan fingerprint density at radius 2 is 1.60 bits per heavy atom. The minimum atomic E-state index is -0.334. The lowest BCUT2D eigenvalue weighted by Crippen LogP contribution is -2.00. The summed E-state index contributed by atoms with van der Waals surface area (Å²) in [6.45, 7) is 1.37. The zero-order valence-corrected chi connectivity index (χ0v) is 11.4. The van der Waals surface area contributed by atoms with Gasteiger partial charge in [0.15, 0.2) is 0 Å². The summed E-state index contributed by atoms with van der Waals surface area (Å²) in [5.74, 6) is 0.994. The first kappa shape index (κ1) is 13.8. The van der Waals surface area contributed by atoms with Crippen molar-refractivity contribution in [2.24, 2.45) is 4.99 Å². The summed E-state index contributed by atoms with van der Waals surface area (Å²) in [5.41, 5.74) is 1.77. The highest BCUT2D eigenvalue weighted by Gasteiger charge is 1.97. The molecule has 0 fully saturated rings. The Kier molecular flexibility index (Phi) is 4.50. The van der Waals surface area contributed by atoms with E-state index in [2.05, 4.69) is 4.99 Å². The molecule has 0 aliphatic rings. The van der Waals surface area contributed by atoms with Crippen LogP contribution in [0.4, 0.5) is 5.69 Å². The first-order valence-corrected chi connectivity index (χ1v) is 6.14. The van der Waals surface area contributed by atoms with Crippen LogP contribution in [0.2, 0.25) is 0 Å². The number of nitrogens with zero attached hydrogens (tertiary/aromatic N) is 1. The van der Waals surface area contributed by atoms with Crippen LogP contribution in [0.5, 0.6) is 11.5 Å². The van der Waals surface area contributed by atoms with Crippen molar-refractivity contribution in [3.8, 4) is 11.5 Å². The molecule has 102 valence electrons. The summed E-state index contributed by atoms with van der Waals surface area (Å²) >= 11 is 0. The normalized spacial score (nSPS) is 10.5. The van der Waals surface area contributed by atoms with E-state index in [9.17, 15) is 4.79 Å². The molecule has 0 aliphatic heterocycles. The first-order valence-electron chi connectivity index (χ1n) is 6.14. The molecule has 0 amide bonds. The van der Waals surface area contributed by atoms with Crippen LogP contribution in [0.15, 0.2) is 53.5 Å². The van der Waals surface area contributed by atoms with Crippen LogP contribution in [-0.2, 0) is 4.79 Å². The van der Waals surface area contributed by atoms with Gasteiger partial charge >= 0.3 is 5.97 Å². The standard InChI is InChI=1S/C16H15NO3/c1-12(18)20-16-9-5-14(6-10-16)17-11-13-3-7-15(19-2)8-4-13/h3-11H,1-2H3. The molecule has 0 unspecified atom stereocenters. The molecular formula is C16H15NO3. The molecule has 2 aromatic rings. The molecule has 2 aromatic carbocycles. The number of rotatable bonds is 4. The van der Waals surface area contributed by atoms with Crippen molar-refractivity contribution in [3.63, 3.8) is 0 Å². The van der Waals surface area contributed by atoms with Crippen LogP contribution in [-0.4, -0.2) is 19.3 Å². The molecule has 0 bridgehead atoms. The molecule has 20 heavy (non-hydrogen) atoms. The van der Waals surface area contributed by atoms with Crippen molar-refractivity contribution >= 4 is 17.9 Å². The number of carbonyl (C=O) groups excluding carboxylic acids is 1. The highest BCUT2D eigenvalue weighted by molar-refractivity contribution is 5.82. The Labute approximate surface area is 117 Å². The summed E-state index contributed by atoms with van der Waals surface area (Å²) in [6, 6.07) is 14.6. The summed E-state index contributed by atoms with van der Waals surface area (Å²) < 4.78 is 10.0. The number of benzene rings is 2. The lowest BCUT2D eigenvalue weighted by molar-refractivity contribution is -0.131. The number of carbonyl (C=O) groups is 1. The van der Waals surface area contributed by atoms with Gasteiger partial charge in [-0.2, -0.15) is 0 Å². The average molecular weight is 269 g/mol. The topological polar surface area (TPSA) is 47.9 Å². The lowest BCUT2D eigenvalue weighted by atomic mass is 10.2. The second kappa shape index (κ2) is 6.52. The van der Waals surface area contributed by atoms with E-state index >= 15 is 0 Å². The fourth-order valence-electron chi connectivity index (χ4n) is 1.61. The molecule has 0 aliphatic carbocycles. The predicted molar refractivity (Wildman–Crippen MR) is 78.0 cm³/mol. The summed E-state index contributed by atoms with van der Waals surface area (Å²) in [7, 11) is 1.63. The number of aliphatic imine (C=N–C) groups is 1. The number of hydrogen-bond acceptors (Lipinski definition) is 4. The second-order valence-electron chi connectivity index (χ2n) is 4.12. The van der Waals surface area contributed by atoms with Crippen LogP contribution < -0.4 is 9.47 Å². The van der Waals surface area contributed by atoms with Crippen LogP contribution in [0.1, 0.15) is 12.5 Å². The van der Waals surface area contributed by atoms with Crippen LogP contribution in [0.25, 0.3) is 0 Å². The van der Waals surface area contributed by atoms with E-state index in [1.807, 2.05) is 24.3 Å². The Morgan fingerprint density at radius 3 is 2.15 bits per heavy atom. The maximum atomic E-state index is 10.8. The van der Waals surface area contributed by atoms with Crippen molar-refractivity contribution in [2.45, 2.75) is 6.92 Å². The number of methoxy groups -OCH3 is 1. The average Bonchev–Trinajstić information content (AvgIpc) is 2.46. The van der Waals surface area contributed by atoms with Crippen molar-refractivity contribution in [3.05, 3.63) is 54.1 Å². The maximum absolute atomic E-state index is 10.8. The lowest BCUT2D eigenvalue weighted by Gasteiger charge is -2.01. The third-order valence-electron chi connectivity index (χ3n) is 2.58. The Hall–Kier alpha value is -2.62. The van der Waals surface area contributed by atoms with E-state index < -0.39 is 0 Å². The molecule has 4 nitrogen and oxygen atoms in total. The molecule has 0 radical (unpaired) electrons. The van der Waals surface area contributed by atoms with E-state index in [0.717, 1.165) is 17.0 Å². The van der Waals surface area contributed by atoms with Crippen LogP contribution in [0, 0.1) is 0 Å². The summed E-state index contributed by atoms with van der Waals surface area (Å²) in [6.07, 6.45) is 1.76. The van der Waals surface area contributed by atoms with Gasteiger partial charge in [0.05, 0.1) is 12.8 Å². The quantitative estimate of drug-likeness (QED) is 0.485. The molecule has 0 spiro atoms. The van der Waals surface area contributed by atoms with E-state index in [0.29, 0.717) is 5.75 Å². The van der Waals surface area contributed by atoms with Crippen LogP contribution in [0.3, 0.4) is 0 Å². The highest BCUT2D eigenvalue weighted by Crippen LogP contribution is 2.18. The predicted octanol–water partition coefficient (Wildman–Crippen LogP) is 3.37. The maximum Gasteiger partial charge on any atom is 0.308 e. The summed E-state index contributed by atoms with van der Waals surface area (Å²) in [5, 5.41) is 0. The van der Waals surface area contributed by atoms with Gasteiger partial charge in [0.1, 0.15) is 11.5 Å². The van der Waals surface area contributed by atoms with Gasteiger partial charge in [0.25, 0.3) is 0 Å². The van der Waals surface area contributed by atoms with Crippen molar-refractivity contribution in [1.29, 1.82) is 0 Å². The SMILES string of the molecule is COc1ccc(C=Nc2ccc(OC(C)=O)cc2)cc1. The minimum Gasteiger partial charge on any atom is -0.497 e. The fraction of sp³-hybridized carbons (Fsp3) is 0.125. The number of esters is 1. The van der Waals surface area contributed by atoms with Gasteiger partial charge in [0.2, 0.25) is 0 Å². The van der Waals surface area contributed by atoms with E-state index in [-0.39, 0.29) is 5.97 Å². The van der Waals surface area contributed by atoms with Gasteiger partial charge in [-0.3, -0.25) is 9.79 Å². The largest absolute Gasteiger partial charge is 0.497 e. The third-order valence-corrected chi connectivity index (χ3v) is 2.58. The molecule has 2 rings (SSSR count). The Morgan fingerprint density at radius 1 is 1.00 bits per heavy atom. The smallest absolute Gasteiger partial charge is 0.308 e. The molecule has 0 aromatic heterocycles. The Balaban J connectivity index is 2.04. The molecule has 0 saturated carbocycles. The Bertz CT molecular complexity index is 601. The first-order chi connectivity index (χ1) is 9.67. The number of hydrogen-bond donors (Lipinski definition) is 0. The third kappa shape index (κ3) is 3.95. The molecule has 0 saturated heterocycles. The second-order valence-corrected chi connectivity index (χ2v) is 4.12.